The number of fused-ring (bicyclic) bond motifs is 1. The predicted molar refractivity (Wildman–Crippen MR) is 73.6 cm³/mol. The van der Waals surface area contributed by atoms with Gasteiger partial charge in [0.05, 0.1) is 5.69 Å². The van der Waals surface area contributed by atoms with Crippen molar-refractivity contribution < 1.29 is 32.1 Å². The maximum Gasteiger partial charge on any atom is 0.491 e. The second kappa shape index (κ2) is 6.26. The smallest absolute Gasteiger partial charge is 0.382 e. The molecule has 0 aliphatic carbocycles. The number of carbonyl (C=O) groups excluding carboxylic acids is 2. The number of carbonyl (C=O) groups is 2. The van der Waals surface area contributed by atoms with Crippen LogP contribution in [0.1, 0.15) is 0 Å². The molecule has 8 nitrogen and oxygen atoms in total. The number of ether oxygens (including phenoxy) is 1. The van der Waals surface area contributed by atoms with Gasteiger partial charge in [-0.2, -0.15) is 32.3 Å². The first kappa shape index (κ1) is 16.5. The zero-order valence-electron chi connectivity index (χ0n) is 12.3. The highest BCUT2D eigenvalue weighted by Crippen LogP contribution is 2.17. The molecule has 3 rings (SSSR count). The van der Waals surface area contributed by atoms with Gasteiger partial charge in [-0.05, 0) is 6.07 Å². The summed E-state index contributed by atoms with van der Waals surface area (Å²) < 4.78 is 42.6. The molecule has 0 radical (unpaired) electrons. The van der Waals surface area contributed by atoms with Gasteiger partial charge in [-0.15, -0.1) is 0 Å². The molecule has 0 atom stereocenters. The number of halogens is 3. The summed E-state index contributed by atoms with van der Waals surface area (Å²) in [5.41, 5.74) is 1.40. The van der Waals surface area contributed by atoms with Gasteiger partial charge in [0, 0.05) is 23.9 Å². The fourth-order valence-corrected chi connectivity index (χ4v) is 2.03. The Morgan fingerprint density at radius 3 is 2.56 bits per heavy atom. The molecular formula is C14H9F3N5O3+. The van der Waals surface area contributed by atoms with Gasteiger partial charge in [0.15, 0.2) is 12.4 Å². The summed E-state index contributed by atoms with van der Waals surface area (Å²) in [6.07, 6.45) is 0.605. The van der Waals surface area contributed by atoms with Crippen LogP contribution >= 0.6 is 0 Å². The molecule has 128 valence electrons. The molecule has 0 fully saturated rings. The Bertz CT molecular complexity index is 937. The van der Waals surface area contributed by atoms with Crippen LogP contribution in [0.4, 0.5) is 13.2 Å². The molecule has 0 saturated carbocycles. The van der Waals surface area contributed by atoms with Gasteiger partial charge in [0.2, 0.25) is 6.54 Å². The first-order chi connectivity index (χ1) is 11.8. The molecule has 3 aromatic rings. The molecule has 0 amide bonds. The molecule has 0 saturated heterocycles. The number of pyridine rings is 1. The van der Waals surface area contributed by atoms with Gasteiger partial charge >= 0.3 is 18.1 Å². The summed E-state index contributed by atoms with van der Waals surface area (Å²) >= 11 is 0. The minimum Gasteiger partial charge on any atom is -0.382 e. The topological polar surface area (TPSA) is 90.3 Å². The fourth-order valence-electron chi connectivity index (χ4n) is 2.03. The second-order valence-corrected chi connectivity index (χ2v) is 4.82. The van der Waals surface area contributed by atoms with Gasteiger partial charge < -0.3 is 4.74 Å². The van der Waals surface area contributed by atoms with E-state index in [9.17, 15) is 22.8 Å². The zero-order valence-corrected chi connectivity index (χ0v) is 12.3. The van der Waals surface area contributed by atoms with Crippen molar-refractivity contribution in [1.82, 2.24) is 19.6 Å². The van der Waals surface area contributed by atoms with Crippen molar-refractivity contribution in [3.05, 3.63) is 43.1 Å². The molecule has 11 heteroatoms. The van der Waals surface area contributed by atoms with E-state index in [2.05, 4.69) is 19.8 Å². The lowest BCUT2D eigenvalue weighted by Gasteiger charge is -2.04. The van der Waals surface area contributed by atoms with E-state index in [-0.39, 0.29) is 0 Å². The maximum atomic E-state index is 12.0. The molecule has 0 N–H and O–H groups in total. The standard InChI is InChI=1S/C14H9F3N5O3/c15-14(16,17)12(24)25-11(23)7-21-5-2-9(3-6-21)10-1-4-18-13-19-8-20-22(10)13/h1-6,8H,7H2/q+1. The minimum atomic E-state index is -5.21. The molecular weight excluding hydrogens is 343 g/mol. The Labute approximate surface area is 137 Å². The average molecular weight is 352 g/mol. The van der Waals surface area contributed by atoms with E-state index in [0.717, 1.165) is 0 Å². The van der Waals surface area contributed by atoms with Crippen LogP contribution in [-0.2, 0) is 20.9 Å². The summed E-state index contributed by atoms with van der Waals surface area (Å²) in [4.78, 5) is 30.0. The Morgan fingerprint density at radius 1 is 1.16 bits per heavy atom. The number of hydrogen-bond acceptors (Lipinski definition) is 6. The fraction of sp³-hybridized carbons (Fsp3) is 0.143. The van der Waals surface area contributed by atoms with E-state index in [0.29, 0.717) is 17.0 Å². The van der Waals surface area contributed by atoms with Crippen LogP contribution in [0.2, 0.25) is 0 Å². The zero-order chi connectivity index (χ0) is 18.0. The Kier molecular flexibility index (Phi) is 4.13. The maximum absolute atomic E-state index is 12.0. The molecule has 0 aliphatic rings. The Morgan fingerprint density at radius 2 is 1.88 bits per heavy atom. The Hall–Kier alpha value is -3.37. The predicted octanol–water partition coefficient (Wildman–Crippen LogP) is 0.711. The van der Waals surface area contributed by atoms with Crippen molar-refractivity contribution in [3.63, 3.8) is 0 Å². The lowest BCUT2D eigenvalue weighted by Crippen LogP contribution is -2.40. The van der Waals surface area contributed by atoms with Gasteiger partial charge in [0.25, 0.3) is 5.78 Å². The number of esters is 2. The molecule has 0 bridgehead atoms. The molecule has 3 heterocycles. The monoisotopic (exact) mass is 352 g/mol. The van der Waals surface area contributed by atoms with E-state index in [4.69, 9.17) is 0 Å². The van der Waals surface area contributed by atoms with Crippen LogP contribution in [0.3, 0.4) is 0 Å². The van der Waals surface area contributed by atoms with Crippen LogP contribution in [-0.4, -0.2) is 37.7 Å². The highest BCUT2D eigenvalue weighted by Gasteiger charge is 2.42. The van der Waals surface area contributed by atoms with Gasteiger partial charge in [-0.25, -0.2) is 14.6 Å². The highest BCUT2D eigenvalue weighted by molar-refractivity contribution is 5.87. The van der Waals surface area contributed by atoms with Crippen molar-refractivity contribution in [1.29, 1.82) is 0 Å². The van der Waals surface area contributed by atoms with Crippen molar-refractivity contribution >= 4 is 17.7 Å². The lowest BCUT2D eigenvalue weighted by molar-refractivity contribution is -0.685. The number of alkyl halides is 3. The first-order valence-electron chi connectivity index (χ1n) is 6.80. The third kappa shape index (κ3) is 3.59. The van der Waals surface area contributed by atoms with Crippen LogP contribution < -0.4 is 4.57 Å². The minimum absolute atomic E-state index is 0.406. The highest BCUT2D eigenvalue weighted by atomic mass is 19.4. The summed E-state index contributed by atoms with van der Waals surface area (Å²) in [6, 6.07) is 4.95. The number of aromatic nitrogens is 5. The van der Waals surface area contributed by atoms with E-state index in [1.165, 1.54) is 27.8 Å². The third-order valence-electron chi connectivity index (χ3n) is 3.12. The summed E-state index contributed by atoms with van der Waals surface area (Å²) in [5, 5.41) is 4.04. The van der Waals surface area contributed by atoms with E-state index >= 15 is 0 Å². The third-order valence-corrected chi connectivity index (χ3v) is 3.12. The van der Waals surface area contributed by atoms with E-state index in [1.54, 1.807) is 24.4 Å². The molecule has 0 spiro atoms. The van der Waals surface area contributed by atoms with Crippen molar-refractivity contribution in [3.8, 4) is 11.3 Å². The molecule has 0 aliphatic heterocycles. The van der Waals surface area contributed by atoms with Crippen LogP contribution in [0, 0.1) is 0 Å². The molecule has 3 aromatic heterocycles. The van der Waals surface area contributed by atoms with Crippen LogP contribution in [0.15, 0.2) is 43.1 Å². The molecule has 25 heavy (non-hydrogen) atoms. The van der Waals surface area contributed by atoms with E-state index < -0.39 is 24.7 Å². The number of hydrogen-bond donors (Lipinski definition) is 0. The van der Waals surface area contributed by atoms with Crippen LogP contribution in [0.5, 0.6) is 0 Å². The van der Waals surface area contributed by atoms with Gasteiger partial charge in [-0.1, -0.05) is 0 Å². The van der Waals surface area contributed by atoms with E-state index in [1.807, 2.05) is 0 Å². The number of nitrogens with zero attached hydrogens (tertiary/aromatic N) is 5. The lowest BCUT2D eigenvalue weighted by atomic mass is 10.2. The largest absolute Gasteiger partial charge is 0.491 e. The van der Waals surface area contributed by atoms with Crippen molar-refractivity contribution in [2.24, 2.45) is 0 Å². The molecule has 0 aromatic carbocycles. The molecule has 0 unspecified atom stereocenters. The quantitative estimate of drug-likeness (QED) is 0.392. The second-order valence-electron chi connectivity index (χ2n) is 4.82. The SMILES string of the molecule is O=C(C[n+]1ccc(-c2ccnc3ncnn23)cc1)OC(=O)C(F)(F)F. The first-order valence-corrected chi connectivity index (χ1v) is 6.80. The summed E-state index contributed by atoms with van der Waals surface area (Å²) in [6.45, 7) is -0.544. The van der Waals surface area contributed by atoms with Gasteiger partial charge in [-0.3, -0.25) is 0 Å². The summed E-state index contributed by atoms with van der Waals surface area (Å²) in [5.74, 6) is -3.45. The number of rotatable bonds is 3. The van der Waals surface area contributed by atoms with Crippen LogP contribution in [0.25, 0.3) is 17.0 Å². The summed E-state index contributed by atoms with van der Waals surface area (Å²) in [7, 11) is 0. The van der Waals surface area contributed by atoms with Crippen molar-refractivity contribution in [2.45, 2.75) is 12.7 Å². The Balaban J connectivity index is 1.74. The van der Waals surface area contributed by atoms with Crippen molar-refractivity contribution in [2.75, 3.05) is 0 Å². The van der Waals surface area contributed by atoms with Gasteiger partial charge in [0.1, 0.15) is 6.33 Å². The normalized spacial score (nSPS) is 11.5. The average Bonchev–Trinajstić information content (AvgIpc) is 3.03.